The van der Waals surface area contributed by atoms with Gasteiger partial charge in [-0.15, -0.1) is 0 Å². The van der Waals surface area contributed by atoms with Crippen molar-refractivity contribution in [3.8, 4) is 0 Å². The molecule has 1 fully saturated rings. The second-order valence-electron chi connectivity index (χ2n) is 5.18. The minimum absolute atomic E-state index is 0.192. The Labute approximate surface area is 122 Å². The molecule has 110 valence electrons. The van der Waals surface area contributed by atoms with Crippen LogP contribution in [-0.2, 0) is 0 Å². The molecule has 1 aromatic heterocycles. The Morgan fingerprint density at radius 1 is 1.55 bits per heavy atom. The fourth-order valence-electron chi connectivity index (χ4n) is 2.02. The monoisotopic (exact) mass is 295 g/mol. The molecule has 2 heterocycles. The average molecular weight is 295 g/mol. The molecular weight excluding hydrogens is 274 g/mol. The number of hydrogen-bond donors (Lipinski definition) is 3. The van der Waals surface area contributed by atoms with Crippen LogP contribution in [0.3, 0.4) is 0 Å². The summed E-state index contributed by atoms with van der Waals surface area (Å²) < 4.78 is 0. The predicted molar refractivity (Wildman–Crippen MR) is 83.1 cm³/mol. The van der Waals surface area contributed by atoms with E-state index in [1.54, 1.807) is 0 Å². The fourth-order valence-corrected chi connectivity index (χ4v) is 2.97. The van der Waals surface area contributed by atoms with Gasteiger partial charge in [-0.05, 0) is 19.8 Å². The first kappa shape index (κ1) is 14.8. The largest absolute Gasteiger partial charge is 0.382 e. The number of amides is 1. The third kappa shape index (κ3) is 3.49. The molecule has 2 rings (SSSR count). The zero-order valence-corrected chi connectivity index (χ0v) is 12.5. The summed E-state index contributed by atoms with van der Waals surface area (Å²) in [6.45, 7) is 7.78. The van der Waals surface area contributed by atoms with Crippen molar-refractivity contribution in [1.82, 2.24) is 10.3 Å². The van der Waals surface area contributed by atoms with Crippen molar-refractivity contribution in [2.45, 2.75) is 25.8 Å². The van der Waals surface area contributed by atoms with Gasteiger partial charge in [0.1, 0.15) is 10.7 Å². The average Bonchev–Trinajstić information content (AvgIpc) is 2.79. The molecule has 1 aliphatic heterocycles. The zero-order chi connectivity index (χ0) is 14.7. The highest BCUT2D eigenvalue weighted by Crippen LogP contribution is 2.29. The van der Waals surface area contributed by atoms with E-state index in [9.17, 15) is 4.79 Å². The van der Waals surface area contributed by atoms with Gasteiger partial charge in [-0.2, -0.15) is 0 Å². The summed E-state index contributed by atoms with van der Waals surface area (Å²) >= 11 is 1.33. The number of anilines is 2. The Bertz CT molecular complexity index is 505. The smallest absolute Gasteiger partial charge is 0.265 e. The highest BCUT2D eigenvalue weighted by atomic mass is 32.1. The summed E-state index contributed by atoms with van der Waals surface area (Å²) in [6, 6.07) is 0.266. The number of aromatic nitrogens is 1. The second kappa shape index (κ2) is 6.23. The van der Waals surface area contributed by atoms with Crippen molar-refractivity contribution in [3.05, 3.63) is 17.0 Å². The molecule has 0 spiro atoms. The molecule has 0 bridgehead atoms. The SMILES string of the molecule is C=C(C)CNC(=O)c1sc(N2CCC(N)CC2)nc1N. The molecule has 1 aromatic rings. The van der Waals surface area contributed by atoms with Crippen LogP contribution < -0.4 is 21.7 Å². The van der Waals surface area contributed by atoms with Crippen molar-refractivity contribution < 1.29 is 4.79 Å². The molecule has 1 saturated heterocycles. The lowest BCUT2D eigenvalue weighted by Crippen LogP contribution is -2.39. The van der Waals surface area contributed by atoms with E-state index < -0.39 is 0 Å². The lowest BCUT2D eigenvalue weighted by atomic mass is 10.1. The first-order chi connectivity index (χ1) is 9.47. The number of hydrogen-bond acceptors (Lipinski definition) is 6. The molecule has 0 atom stereocenters. The molecule has 6 nitrogen and oxygen atoms in total. The Balaban J connectivity index is 2.05. The van der Waals surface area contributed by atoms with Crippen LogP contribution in [-0.4, -0.2) is 36.6 Å². The molecule has 1 aliphatic rings. The number of carbonyl (C=O) groups excluding carboxylic acids is 1. The molecule has 0 aromatic carbocycles. The third-order valence-electron chi connectivity index (χ3n) is 3.21. The second-order valence-corrected chi connectivity index (χ2v) is 6.15. The van der Waals surface area contributed by atoms with E-state index in [1.165, 1.54) is 11.3 Å². The van der Waals surface area contributed by atoms with Crippen molar-refractivity contribution in [2.24, 2.45) is 5.73 Å². The van der Waals surface area contributed by atoms with Crippen molar-refractivity contribution in [3.63, 3.8) is 0 Å². The number of piperidine rings is 1. The number of nitrogen functional groups attached to an aromatic ring is 1. The van der Waals surface area contributed by atoms with Crippen molar-refractivity contribution >= 4 is 28.2 Å². The van der Waals surface area contributed by atoms with E-state index in [-0.39, 0.29) is 11.9 Å². The van der Waals surface area contributed by atoms with Gasteiger partial charge in [0, 0.05) is 25.7 Å². The van der Waals surface area contributed by atoms with Gasteiger partial charge in [-0.25, -0.2) is 4.98 Å². The Kier molecular flexibility index (Phi) is 4.61. The Morgan fingerprint density at radius 3 is 2.80 bits per heavy atom. The summed E-state index contributed by atoms with van der Waals surface area (Å²) in [7, 11) is 0. The quantitative estimate of drug-likeness (QED) is 0.719. The molecule has 7 heteroatoms. The van der Waals surface area contributed by atoms with Crippen LogP contribution in [0.25, 0.3) is 0 Å². The normalized spacial score (nSPS) is 16.2. The standard InChI is InChI=1S/C13H21N5OS/c1-8(2)7-16-12(19)10-11(15)17-13(20-10)18-5-3-9(14)4-6-18/h9H,1,3-7,14-15H2,2H3,(H,16,19). The number of carbonyl (C=O) groups is 1. The van der Waals surface area contributed by atoms with Gasteiger partial charge in [-0.1, -0.05) is 23.5 Å². The van der Waals surface area contributed by atoms with Crippen molar-refractivity contribution in [2.75, 3.05) is 30.3 Å². The van der Waals surface area contributed by atoms with E-state index in [0.29, 0.717) is 17.2 Å². The van der Waals surface area contributed by atoms with E-state index in [1.807, 2.05) is 6.92 Å². The summed E-state index contributed by atoms with van der Waals surface area (Å²) in [4.78, 5) is 18.9. The van der Waals surface area contributed by atoms with E-state index >= 15 is 0 Å². The minimum atomic E-state index is -0.192. The van der Waals surface area contributed by atoms with Gasteiger partial charge < -0.3 is 21.7 Å². The summed E-state index contributed by atoms with van der Waals surface area (Å²) in [5.41, 5.74) is 12.6. The molecule has 0 aliphatic carbocycles. The number of nitrogens with two attached hydrogens (primary N) is 2. The maximum absolute atomic E-state index is 12.0. The highest BCUT2D eigenvalue weighted by molar-refractivity contribution is 7.18. The van der Waals surface area contributed by atoms with Gasteiger partial charge in [-0.3, -0.25) is 4.79 Å². The maximum Gasteiger partial charge on any atom is 0.265 e. The number of rotatable bonds is 4. The number of thiazole rings is 1. The molecule has 0 unspecified atom stereocenters. The Morgan fingerprint density at radius 2 is 2.20 bits per heavy atom. The van der Waals surface area contributed by atoms with Gasteiger partial charge in [0.25, 0.3) is 5.91 Å². The van der Waals surface area contributed by atoms with Crippen LogP contribution >= 0.6 is 11.3 Å². The van der Waals surface area contributed by atoms with Gasteiger partial charge >= 0.3 is 0 Å². The molecule has 1 amide bonds. The fraction of sp³-hybridized carbons (Fsp3) is 0.538. The molecule has 0 radical (unpaired) electrons. The van der Waals surface area contributed by atoms with Crippen LogP contribution in [0.1, 0.15) is 29.4 Å². The lowest BCUT2D eigenvalue weighted by Gasteiger charge is -2.29. The van der Waals surface area contributed by atoms with E-state index in [4.69, 9.17) is 11.5 Å². The number of nitrogens with one attached hydrogen (secondary N) is 1. The molecule has 20 heavy (non-hydrogen) atoms. The summed E-state index contributed by atoms with van der Waals surface area (Å²) in [6.07, 6.45) is 1.88. The van der Waals surface area contributed by atoms with Crippen LogP contribution in [0.4, 0.5) is 10.9 Å². The maximum atomic E-state index is 12.0. The number of nitrogens with zero attached hydrogens (tertiary/aromatic N) is 2. The van der Waals surface area contributed by atoms with Crippen LogP contribution in [0.2, 0.25) is 0 Å². The van der Waals surface area contributed by atoms with E-state index in [2.05, 4.69) is 21.8 Å². The first-order valence-electron chi connectivity index (χ1n) is 6.66. The van der Waals surface area contributed by atoms with Crippen LogP contribution in [0.5, 0.6) is 0 Å². The predicted octanol–water partition coefficient (Wildman–Crippen LogP) is 0.959. The highest BCUT2D eigenvalue weighted by Gasteiger charge is 2.22. The van der Waals surface area contributed by atoms with Crippen LogP contribution in [0.15, 0.2) is 12.2 Å². The minimum Gasteiger partial charge on any atom is -0.382 e. The lowest BCUT2D eigenvalue weighted by molar-refractivity contribution is 0.0961. The molecule has 5 N–H and O–H groups in total. The van der Waals surface area contributed by atoms with Gasteiger partial charge in [0.15, 0.2) is 5.13 Å². The summed E-state index contributed by atoms with van der Waals surface area (Å²) in [5, 5.41) is 3.58. The molecular formula is C13H21N5OS. The Hall–Kier alpha value is -1.60. The van der Waals surface area contributed by atoms with E-state index in [0.717, 1.165) is 36.6 Å². The zero-order valence-electron chi connectivity index (χ0n) is 11.7. The summed E-state index contributed by atoms with van der Waals surface area (Å²) in [5.74, 6) is 0.0991. The van der Waals surface area contributed by atoms with Crippen molar-refractivity contribution in [1.29, 1.82) is 0 Å². The topological polar surface area (TPSA) is 97.3 Å². The first-order valence-corrected chi connectivity index (χ1v) is 7.48. The molecule has 0 saturated carbocycles. The third-order valence-corrected chi connectivity index (χ3v) is 4.34. The van der Waals surface area contributed by atoms with Gasteiger partial charge in [0.05, 0.1) is 0 Å². The van der Waals surface area contributed by atoms with Crippen LogP contribution in [0, 0.1) is 0 Å². The van der Waals surface area contributed by atoms with Gasteiger partial charge in [0.2, 0.25) is 0 Å².